The summed E-state index contributed by atoms with van der Waals surface area (Å²) in [5, 5.41) is 3.35. The number of halogens is 1. The lowest BCUT2D eigenvalue weighted by molar-refractivity contribution is 0.419. The van der Waals surface area contributed by atoms with E-state index in [1.165, 1.54) is 19.5 Å². The van der Waals surface area contributed by atoms with Crippen molar-refractivity contribution < 1.29 is 0 Å². The minimum atomic E-state index is 0. The highest BCUT2D eigenvalue weighted by atomic mass is 127. The summed E-state index contributed by atoms with van der Waals surface area (Å²) in [6.07, 6.45) is 1.39. The van der Waals surface area contributed by atoms with E-state index >= 15 is 0 Å². The van der Waals surface area contributed by atoms with Crippen molar-refractivity contribution in [1.29, 1.82) is 0 Å². The van der Waals surface area contributed by atoms with Gasteiger partial charge in [-0.05, 0) is 31.3 Å². The zero-order chi connectivity index (χ0) is 5.98. The SMILES string of the molecule is CC(C)C1CCNC1.I. The van der Waals surface area contributed by atoms with Gasteiger partial charge in [0, 0.05) is 0 Å². The zero-order valence-electron chi connectivity index (χ0n) is 6.18. The smallest absolute Gasteiger partial charge is 0.00176 e. The molecule has 0 radical (unpaired) electrons. The molecular weight excluding hydrogens is 225 g/mol. The summed E-state index contributed by atoms with van der Waals surface area (Å²) < 4.78 is 0. The summed E-state index contributed by atoms with van der Waals surface area (Å²) in [5.41, 5.74) is 0. The molecule has 0 amide bonds. The molecule has 0 aromatic rings. The van der Waals surface area contributed by atoms with E-state index in [-0.39, 0.29) is 24.0 Å². The summed E-state index contributed by atoms with van der Waals surface area (Å²) in [7, 11) is 0. The van der Waals surface area contributed by atoms with Crippen LogP contribution < -0.4 is 5.32 Å². The maximum atomic E-state index is 3.35. The van der Waals surface area contributed by atoms with Gasteiger partial charge >= 0.3 is 0 Å². The molecule has 1 heterocycles. The van der Waals surface area contributed by atoms with E-state index in [1.807, 2.05) is 0 Å². The van der Waals surface area contributed by atoms with E-state index < -0.39 is 0 Å². The van der Waals surface area contributed by atoms with Crippen LogP contribution in [-0.2, 0) is 0 Å². The van der Waals surface area contributed by atoms with Crippen molar-refractivity contribution in [2.75, 3.05) is 13.1 Å². The molecule has 1 saturated heterocycles. The fourth-order valence-electron chi connectivity index (χ4n) is 1.25. The Balaban J connectivity index is 0.000000640. The monoisotopic (exact) mass is 241 g/mol. The van der Waals surface area contributed by atoms with Gasteiger partial charge in [-0.15, -0.1) is 24.0 Å². The maximum absolute atomic E-state index is 3.35. The first kappa shape index (κ1) is 9.69. The first-order valence-corrected chi connectivity index (χ1v) is 3.51. The molecule has 0 aromatic carbocycles. The molecule has 1 nitrogen and oxygen atoms in total. The van der Waals surface area contributed by atoms with Gasteiger partial charge in [-0.2, -0.15) is 0 Å². The third kappa shape index (κ3) is 2.85. The van der Waals surface area contributed by atoms with Crippen molar-refractivity contribution in [3.8, 4) is 0 Å². The minimum Gasteiger partial charge on any atom is -0.316 e. The lowest BCUT2D eigenvalue weighted by Crippen LogP contribution is -2.12. The quantitative estimate of drug-likeness (QED) is 0.691. The molecule has 1 rings (SSSR count). The van der Waals surface area contributed by atoms with E-state index in [4.69, 9.17) is 0 Å². The molecule has 0 spiro atoms. The van der Waals surface area contributed by atoms with E-state index in [9.17, 15) is 0 Å². The standard InChI is InChI=1S/C7H15N.HI/c1-6(2)7-3-4-8-5-7;/h6-8H,3-5H2,1-2H3;1H. The van der Waals surface area contributed by atoms with Crippen LogP contribution in [0.25, 0.3) is 0 Å². The first-order chi connectivity index (χ1) is 3.80. The van der Waals surface area contributed by atoms with Crippen LogP contribution in [0, 0.1) is 11.8 Å². The molecule has 0 aromatic heterocycles. The van der Waals surface area contributed by atoms with Crippen molar-refractivity contribution in [2.45, 2.75) is 20.3 Å². The van der Waals surface area contributed by atoms with Crippen LogP contribution in [0.15, 0.2) is 0 Å². The summed E-state index contributed by atoms with van der Waals surface area (Å²) in [4.78, 5) is 0. The van der Waals surface area contributed by atoms with Gasteiger partial charge in [0.25, 0.3) is 0 Å². The third-order valence-corrected chi connectivity index (χ3v) is 2.04. The number of nitrogens with one attached hydrogen (secondary N) is 1. The second-order valence-electron chi connectivity index (χ2n) is 3.00. The zero-order valence-corrected chi connectivity index (χ0v) is 8.51. The summed E-state index contributed by atoms with van der Waals surface area (Å²) in [6.45, 7) is 7.09. The number of hydrogen-bond acceptors (Lipinski definition) is 1. The summed E-state index contributed by atoms with van der Waals surface area (Å²) in [5.74, 6) is 1.83. The van der Waals surface area contributed by atoms with E-state index in [0.717, 1.165) is 11.8 Å². The third-order valence-electron chi connectivity index (χ3n) is 2.04. The van der Waals surface area contributed by atoms with Crippen LogP contribution in [0.1, 0.15) is 20.3 Å². The Morgan fingerprint density at radius 3 is 2.33 bits per heavy atom. The molecule has 1 fully saturated rings. The average Bonchev–Trinajstić information content (AvgIpc) is 2.12. The lowest BCUT2D eigenvalue weighted by atomic mass is 9.96. The van der Waals surface area contributed by atoms with Crippen LogP contribution >= 0.6 is 24.0 Å². The van der Waals surface area contributed by atoms with Crippen LogP contribution in [0.2, 0.25) is 0 Å². The molecule has 1 atom stereocenters. The average molecular weight is 241 g/mol. The summed E-state index contributed by atoms with van der Waals surface area (Å²) in [6, 6.07) is 0. The van der Waals surface area contributed by atoms with Gasteiger partial charge in [0.05, 0.1) is 0 Å². The van der Waals surface area contributed by atoms with Crippen LogP contribution in [-0.4, -0.2) is 13.1 Å². The predicted octanol–water partition coefficient (Wildman–Crippen LogP) is 1.87. The molecular formula is C7H16IN. The molecule has 1 aliphatic rings. The Morgan fingerprint density at radius 1 is 1.44 bits per heavy atom. The van der Waals surface area contributed by atoms with Gasteiger partial charge in [0.2, 0.25) is 0 Å². The molecule has 56 valence electrons. The highest BCUT2D eigenvalue weighted by Gasteiger charge is 2.16. The number of hydrogen-bond donors (Lipinski definition) is 1. The molecule has 2 heteroatoms. The van der Waals surface area contributed by atoms with Gasteiger partial charge in [-0.1, -0.05) is 13.8 Å². The largest absolute Gasteiger partial charge is 0.316 e. The fourth-order valence-corrected chi connectivity index (χ4v) is 1.25. The Morgan fingerprint density at radius 2 is 2.11 bits per heavy atom. The second-order valence-corrected chi connectivity index (χ2v) is 3.00. The Kier molecular flexibility index (Phi) is 4.84. The molecule has 0 aliphatic carbocycles. The van der Waals surface area contributed by atoms with Gasteiger partial charge < -0.3 is 5.32 Å². The molecule has 1 unspecified atom stereocenters. The van der Waals surface area contributed by atoms with Crippen molar-refractivity contribution in [3.05, 3.63) is 0 Å². The molecule has 1 aliphatic heterocycles. The fraction of sp³-hybridized carbons (Fsp3) is 1.00. The van der Waals surface area contributed by atoms with Gasteiger partial charge in [-0.25, -0.2) is 0 Å². The highest BCUT2D eigenvalue weighted by molar-refractivity contribution is 14.0. The Bertz CT molecular complexity index is 67.3. The van der Waals surface area contributed by atoms with Crippen molar-refractivity contribution in [3.63, 3.8) is 0 Å². The second kappa shape index (κ2) is 4.50. The lowest BCUT2D eigenvalue weighted by Gasteiger charge is -2.10. The maximum Gasteiger partial charge on any atom is -0.00176 e. The van der Waals surface area contributed by atoms with Crippen molar-refractivity contribution >= 4 is 24.0 Å². The predicted molar refractivity (Wildman–Crippen MR) is 51.2 cm³/mol. The Labute approximate surface area is 74.6 Å². The van der Waals surface area contributed by atoms with Crippen LogP contribution in [0.5, 0.6) is 0 Å². The molecule has 0 bridgehead atoms. The van der Waals surface area contributed by atoms with Gasteiger partial charge in [-0.3, -0.25) is 0 Å². The van der Waals surface area contributed by atoms with E-state index in [0.29, 0.717) is 0 Å². The number of rotatable bonds is 1. The first-order valence-electron chi connectivity index (χ1n) is 3.51. The highest BCUT2D eigenvalue weighted by Crippen LogP contribution is 2.16. The van der Waals surface area contributed by atoms with E-state index in [1.54, 1.807) is 0 Å². The minimum absolute atomic E-state index is 0. The van der Waals surface area contributed by atoms with E-state index in [2.05, 4.69) is 19.2 Å². The topological polar surface area (TPSA) is 12.0 Å². The van der Waals surface area contributed by atoms with Crippen molar-refractivity contribution in [2.24, 2.45) is 11.8 Å². The Hall–Kier alpha value is 0.690. The van der Waals surface area contributed by atoms with Crippen LogP contribution in [0.4, 0.5) is 0 Å². The summed E-state index contributed by atoms with van der Waals surface area (Å²) >= 11 is 0. The molecule has 1 N–H and O–H groups in total. The van der Waals surface area contributed by atoms with Crippen molar-refractivity contribution in [1.82, 2.24) is 5.32 Å². The molecule has 9 heavy (non-hydrogen) atoms. The van der Waals surface area contributed by atoms with Gasteiger partial charge in [0.1, 0.15) is 0 Å². The van der Waals surface area contributed by atoms with Gasteiger partial charge in [0.15, 0.2) is 0 Å². The molecule has 0 saturated carbocycles. The normalized spacial score (nSPS) is 26.3. The van der Waals surface area contributed by atoms with Crippen LogP contribution in [0.3, 0.4) is 0 Å².